The number of hydrogen-bond donors (Lipinski definition) is 3. The first-order valence-electron chi connectivity index (χ1n) is 7.43. The maximum absolute atomic E-state index is 12.7. The molecule has 25 heavy (non-hydrogen) atoms. The molecule has 3 aromatic rings. The molecular weight excluding hydrogens is 328 g/mol. The average molecular weight is 342 g/mol. The van der Waals surface area contributed by atoms with Crippen LogP contribution in [0, 0.1) is 0 Å². The third-order valence-corrected chi connectivity index (χ3v) is 3.55. The Kier molecular flexibility index (Phi) is 4.06. The van der Waals surface area contributed by atoms with Crippen LogP contribution in [0.25, 0.3) is 22.3 Å². The molecule has 0 spiro atoms. The van der Waals surface area contributed by atoms with E-state index in [0.717, 1.165) is 6.07 Å². The number of carbonyl (C=O) groups excluding carboxylic acids is 1. The highest BCUT2D eigenvalue weighted by Crippen LogP contribution is 2.36. The lowest BCUT2D eigenvalue weighted by Gasteiger charge is -2.11. The first-order valence-corrected chi connectivity index (χ1v) is 7.43. The molecule has 0 fully saturated rings. The first kappa shape index (κ1) is 16.4. The minimum atomic E-state index is -0.747. The van der Waals surface area contributed by atoms with Crippen LogP contribution in [-0.2, 0) is 4.79 Å². The van der Waals surface area contributed by atoms with Crippen LogP contribution < -0.4 is 10.2 Å². The first-order chi connectivity index (χ1) is 11.9. The van der Waals surface area contributed by atoms with Crippen LogP contribution in [0.3, 0.4) is 0 Å². The van der Waals surface area contributed by atoms with Gasteiger partial charge in [0.1, 0.15) is 28.2 Å². The van der Waals surface area contributed by atoms with Gasteiger partial charge in [0.15, 0.2) is 5.76 Å². The van der Waals surface area contributed by atoms with E-state index in [4.69, 9.17) is 9.15 Å². The van der Waals surface area contributed by atoms with Gasteiger partial charge in [0.2, 0.25) is 11.2 Å². The molecule has 3 N–H and O–H groups in total. The molecule has 0 saturated heterocycles. The number of hydrogen-bond acceptors (Lipinski definition) is 7. The molecule has 0 radical (unpaired) electrons. The normalized spacial score (nSPS) is 10.8. The highest BCUT2D eigenvalue weighted by molar-refractivity contribution is 5.89. The standard InChI is InChI=1S/C18H14O7/c1-2-14(22)25-18-16(23)15-12(21)7-11(20)8-13(15)24-17(18)9-3-5-10(19)6-4-9/h3-8,19-21H,2H2,1H3. The van der Waals surface area contributed by atoms with Crippen molar-refractivity contribution in [3.05, 3.63) is 46.6 Å². The van der Waals surface area contributed by atoms with E-state index in [9.17, 15) is 24.9 Å². The molecule has 0 saturated carbocycles. The Morgan fingerprint density at radius 2 is 1.76 bits per heavy atom. The number of phenolic OH excluding ortho intramolecular Hbond substituents is 3. The van der Waals surface area contributed by atoms with E-state index in [1.165, 1.54) is 30.3 Å². The van der Waals surface area contributed by atoms with Gasteiger partial charge < -0.3 is 24.5 Å². The van der Waals surface area contributed by atoms with Crippen LogP contribution in [0.2, 0.25) is 0 Å². The Bertz CT molecular complexity index is 1020. The van der Waals surface area contributed by atoms with Crippen LogP contribution in [-0.4, -0.2) is 21.3 Å². The predicted octanol–water partition coefficient (Wildman–Crippen LogP) is 2.89. The summed E-state index contributed by atoms with van der Waals surface area (Å²) in [6.07, 6.45) is 0.0358. The van der Waals surface area contributed by atoms with Crippen LogP contribution in [0.4, 0.5) is 0 Å². The molecule has 7 heteroatoms. The van der Waals surface area contributed by atoms with Crippen LogP contribution in [0.5, 0.6) is 23.0 Å². The Labute approximate surface area is 141 Å². The fourth-order valence-corrected chi connectivity index (χ4v) is 2.35. The number of ether oxygens (including phenoxy) is 1. The summed E-state index contributed by atoms with van der Waals surface area (Å²) in [4.78, 5) is 24.4. The van der Waals surface area contributed by atoms with Crippen LogP contribution in [0.15, 0.2) is 45.6 Å². The van der Waals surface area contributed by atoms with Gasteiger partial charge in [0, 0.05) is 24.1 Å². The van der Waals surface area contributed by atoms with Crippen molar-refractivity contribution in [2.75, 3.05) is 0 Å². The Hall–Kier alpha value is -3.48. The summed E-state index contributed by atoms with van der Waals surface area (Å²) in [5.41, 5.74) is -0.441. The lowest BCUT2D eigenvalue weighted by atomic mass is 10.1. The van der Waals surface area contributed by atoms with Crippen molar-refractivity contribution < 1.29 is 29.3 Å². The highest BCUT2D eigenvalue weighted by Gasteiger charge is 2.22. The number of carbonyl (C=O) groups is 1. The topological polar surface area (TPSA) is 117 Å². The molecule has 1 heterocycles. The molecule has 0 amide bonds. The van der Waals surface area contributed by atoms with Crippen molar-refractivity contribution in [2.45, 2.75) is 13.3 Å². The number of benzene rings is 2. The SMILES string of the molecule is CCC(=O)Oc1c(-c2ccc(O)cc2)oc2cc(O)cc(O)c2c1=O. The minimum absolute atomic E-state index is 0.00859. The molecule has 0 bridgehead atoms. The van der Waals surface area contributed by atoms with E-state index in [1.807, 2.05) is 0 Å². The Balaban J connectivity index is 2.36. The van der Waals surface area contributed by atoms with Gasteiger partial charge in [-0.1, -0.05) is 6.92 Å². The van der Waals surface area contributed by atoms with Crippen LogP contribution >= 0.6 is 0 Å². The van der Waals surface area contributed by atoms with Crippen molar-refractivity contribution in [1.82, 2.24) is 0 Å². The van der Waals surface area contributed by atoms with Crippen molar-refractivity contribution in [1.29, 1.82) is 0 Å². The number of fused-ring (bicyclic) bond motifs is 1. The number of aromatic hydroxyl groups is 3. The molecular formula is C18H14O7. The third-order valence-electron chi connectivity index (χ3n) is 3.55. The zero-order chi connectivity index (χ0) is 18.1. The molecule has 0 aliphatic heterocycles. The van der Waals surface area contributed by atoms with E-state index in [-0.39, 0.29) is 40.4 Å². The monoisotopic (exact) mass is 342 g/mol. The van der Waals surface area contributed by atoms with Crippen molar-refractivity contribution in [3.8, 4) is 34.3 Å². The van der Waals surface area contributed by atoms with E-state index >= 15 is 0 Å². The third kappa shape index (κ3) is 2.99. The summed E-state index contributed by atoms with van der Waals surface area (Å²) in [7, 11) is 0. The minimum Gasteiger partial charge on any atom is -0.508 e. The van der Waals surface area contributed by atoms with E-state index < -0.39 is 17.1 Å². The second-order valence-electron chi connectivity index (χ2n) is 5.30. The highest BCUT2D eigenvalue weighted by atomic mass is 16.5. The van der Waals surface area contributed by atoms with Gasteiger partial charge in [-0.15, -0.1) is 0 Å². The zero-order valence-corrected chi connectivity index (χ0v) is 13.1. The van der Waals surface area contributed by atoms with Crippen molar-refractivity contribution in [3.63, 3.8) is 0 Å². The summed E-state index contributed by atoms with van der Waals surface area (Å²) < 4.78 is 10.8. The molecule has 0 aliphatic rings. The number of phenols is 3. The number of rotatable bonds is 3. The molecule has 7 nitrogen and oxygen atoms in total. The predicted molar refractivity (Wildman–Crippen MR) is 88.8 cm³/mol. The van der Waals surface area contributed by atoms with E-state index in [0.29, 0.717) is 5.56 Å². The molecule has 0 aliphatic carbocycles. The maximum atomic E-state index is 12.7. The molecule has 0 unspecified atom stereocenters. The summed E-state index contributed by atoms with van der Waals surface area (Å²) in [6, 6.07) is 7.88. The fraction of sp³-hybridized carbons (Fsp3) is 0.111. The Morgan fingerprint density at radius 1 is 1.08 bits per heavy atom. The van der Waals surface area contributed by atoms with Crippen molar-refractivity contribution in [2.24, 2.45) is 0 Å². The van der Waals surface area contributed by atoms with Gasteiger partial charge in [0.25, 0.3) is 0 Å². The summed E-state index contributed by atoms with van der Waals surface area (Å²) >= 11 is 0. The smallest absolute Gasteiger partial charge is 0.311 e. The summed E-state index contributed by atoms with van der Waals surface area (Å²) in [5.74, 6) is -1.84. The molecule has 0 atom stereocenters. The van der Waals surface area contributed by atoms with Gasteiger partial charge in [-0.25, -0.2) is 0 Å². The van der Waals surface area contributed by atoms with Crippen molar-refractivity contribution >= 4 is 16.9 Å². The second-order valence-corrected chi connectivity index (χ2v) is 5.30. The maximum Gasteiger partial charge on any atom is 0.311 e. The fourth-order valence-electron chi connectivity index (χ4n) is 2.35. The number of esters is 1. The largest absolute Gasteiger partial charge is 0.508 e. The quantitative estimate of drug-likeness (QED) is 0.626. The van der Waals surface area contributed by atoms with Gasteiger partial charge >= 0.3 is 5.97 Å². The van der Waals surface area contributed by atoms with Crippen LogP contribution in [0.1, 0.15) is 13.3 Å². The lowest BCUT2D eigenvalue weighted by Crippen LogP contribution is -2.15. The average Bonchev–Trinajstić information content (AvgIpc) is 2.57. The second kappa shape index (κ2) is 6.20. The van der Waals surface area contributed by atoms with Gasteiger partial charge in [-0.3, -0.25) is 9.59 Å². The summed E-state index contributed by atoms with van der Waals surface area (Å²) in [5, 5.41) is 28.8. The van der Waals surface area contributed by atoms with E-state index in [1.54, 1.807) is 6.92 Å². The molecule has 128 valence electrons. The Morgan fingerprint density at radius 3 is 2.40 bits per heavy atom. The van der Waals surface area contributed by atoms with Gasteiger partial charge in [-0.2, -0.15) is 0 Å². The zero-order valence-electron chi connectivity index (χ0n) is 13.1. The van der Waals surface area contributed by atoms with Gasteiger partial charge in [-0.05, 0) is 24.3 Å². The van der Waals surface area contributed by atoms with E-state index in [2.05, 4.69) is 0 Å². The summed E-state index contributed by atoms with van der Waals surface area (Å²) in [6.45, 7) is 1.57. The molecule has 2 aromatic carbocycles. The lowest BCUT2D eigenvalue weighted by molar-refractivity contribution is -0.134. The molecule has 3 rings (SSSR count). The molecule has 1 aromatic heterocycles. The van der Waals surface area contributed by atoms with Gasteiger partial charge in [0.05, 0.1) is 0 Å².